The normalized spacial score (nSPS) is 21.5. The quantitative estimate of drug-likeness (QED) is 0.190. The fourth-order valence-corrected chi connectivity index (χ4v) is 8.66. The van der Waals surface area contributed by atoms with E-state index in [0.29, 0.717) is 17.6 Å². The molecule has 0 amide bonds. The summed E-state index contributed by atoms with van der Waals surface area (Å²) in [5, 5.41) is 7.71. The van der Waals surface area contributed by atoms with Crippen LogP contribution in [0.15, 0.2) is 80.1 Å². The molecule has 3 unspecified atom stereocenters. The lowest BCUT2D eigenvalue weighted by molar-refractivity contribution is -0.137. The maximum Gasteiger partial charge on any atom is 0.416 e. The van der Waals surface area contributed by atoms with Gasteiger partial charge in [0.2, 0.25) is 5.95 Å². The summed E-state index contributed by atoms with van der Waals surface area (Å²) in [6.07, 6.45) is 2.67. The molecule has 1 aliphatic carbocycles. The van der Waals surface area contributed by atoms with Crippen molar-refractivity contribution in [2.45, 2.75) is 78.1 Å². The zero-order chi connectivity index (χ0) is 41.0. The number of benzene rings is 2. The SMILES string of the molecule is C=C(c1ncnc(C)c1C)N1CCN(C2=C3C(C)CCN3c3nc(-c4ccc5c(c4)CCC5(C)N)nn3C2=C)C(CC)C1.C=CNc1ccc(C(F)(F)F)cc1Cl. The monoisotopic (exact) mass is 798 g/mol. The third-order valence-corrected chi connectivity index (χ3v) is 12.1. The number of fused-ring (bicyclic) bond motifs is 4. The Morgan fingerprint density at radius 3 is 2.60 bits per heavy atom. The van der Waals surface area contributed by atoms with Crippen LogP contribution in [-0.2, 0) is 18.1 Å². The van der Waals surface area contributed by atoms with Gasteiger partial charge in [-0.25, -0.2) is 9.97 Å². The van der Waals surface area contributed by atoms with E-state index in [1.54, 1.807) is 6.33 Å². The van der Waals surface area contributed by atoms with E-state index in [4.69, 9.17) is 27.4 Å². The Morgan fingerprint density at radius 2 is 1.89 bits per heavy atom. The fourth-order valence-electron chi connectivity index (χ4n) is 8.43. The average Bonchev–Trinajstić information content (AvgIpc) is 3.88. The minimum Gasteiger partial charge on any atom is -0.366 e. The summed E-state index contributed by atoms with van der Waals surface area (Å²) < 4.78 is 38.5. The summed E-state index contributed by atoms with van der Waals surface area (Å²) in [5.74, 6) is 2.04. The molecule has 2 fully saturated rings. The molecule has 14 heteroatoms. The molecule has 2 aromatic heterocycles. The van der Waals surface area contributed by atoms with Gasteiger partial charge in [-0.3, -0.25) is 0 Å². The highest BCUT2D eigenvalue weighted by Gasteiger charge is 2.42. The number of nitrogens with two attached hydrogens (primary N) is 1. The van der Waals surface area contributed by atoms with Crippen LogP contribution in [0.5, 0.6) is 0 Å². The zero-order valence-corrected chi connectivity index (χ0v) is 34.0. The fraction of sp³-hybridized carbons (Fsp3) is 0.395. The van der Waals surface area contributed by atoms with Crippen LogP contribution >= 0.6 is 11.6 Å². The molecule has 3 N–H and O–H groups in total. The Kier molecular flexibility index (Phi) is 10.8. The van der Waals surface area contributed by atoms with E-state index in [1.165, 1.54) is 34.8 Å². The molecule has 4 aromatic rings. The Bertz CT molecular complexity index is 2270. The molecule has 2 aromatic carbocycles. The van der Waals surface area contributed by atoms with Crippen molar-refractivity contribution in [3.05, 3.63) is 119 Å². The minimum absolute atomic E-state index is 0.0136. The smallest absolute Gasteiger partial charge is 0.366 e. The molecule has 300 valence electrons. The van der Waals surface area contributed by atoms with E-state index in [-0.39, 0.29) is 10.6 Å². The van der Waals surface area contributed by atoms with E-state index in [1.807, 2.05) is 11.6 Å². The van der Waals surface area contributed by atoms with Crippen LogP contribution in [0.25, 0.3) is 22.8 Å². The van der Waals surface area contributed by atoms with Gasteiger partial charge in [-0.05, 0) is 93.6 Å². The number of hydrogen-bond acceptors (Lipinski definition) is 9. The van der Waals surface area contributed by atoms with Crippen molar-refractivity contribution >= 4 is 34.6 Å². The molecule has 57 heavy (non-hydrogen) atoms. The molecule has 2 saturated heterocycles. The molecule has 0 spiro atoms. The van der Waals surface area contributed by atoms with Crippen molar-refractivity contribution < 1.29 is 13.2 Å². The average molecular weight is 799 g/mol. The van der Waals surface area contributed by atoms with E-state index in [0.717, 1.165) is 110 Å². The first kappa shape index (κ1) is 40.1. The number of rotatable bonds is 7. The third kappa shape index (κ3) is 7.43. The summed E-state index contributed by atoms with van der Waals surface area (Å²) in [7, 11) is 0. The molecule has 5 heterocycles. The van der Waals surface area contributed by atoms with Gasteiger partial charge in [0, 0.05) is 60.6 Å². The van der Waals surface area contributed by atoms with E-state index < -0.39 is 11.7 Å². The summed E-state index contributed by atoms with van der Waals surface area (Å²) >= 11 is 5.60. The second-order valence-corrected chi connectivity index (χ2v) is 16.0. The molecule has 8 rings (SSSR count). The van der Waals surface area contributed by atoms with Crippen LogP contribution in [0.2, 0.25) is 5.02 Å². The lowest BCUT2D eigenvalue weighted by atomic mass is 9.95. The minimum atomic E-state index is -4.36. The number of piperazine rings is 1. The van der Waals surface area contributed by atoms with Crippen LogP contribution in [-0.4, -0.2) is 66.8 Å². The van der Waals surface area contributed by atoms with Gasteiger partial charge in [0.1, 0.15) is 6.33 Å². The summed E-state index contributed by atoms with van der Waals surface area (Å²) in [5.41, 5.74) is 17.0. The second kappa shape index (κ2) is 15.3. The molecule has 10 nitrogen and oxygen atoms in total. The van der Waals surface area contributed by atoms with Crippen LogP contribution in [0.4, 0.5) is 24.8 Å². The number of hydrogen-bond donors (Lipinski definition) is 2. The number of allylic oxidation sites excluding steroid dienone is 2. The Hall–Kier alpha value is -5.14. The summed E-state index contributed by atoms with van der Waals surface area (Å²) in [6, 6.07) is 9.91. The Balaban J connectivity index is 0.000000301. The van der Waals surface area contributed by atoms with Crippen molar-refractivity contribution in [2.75, 3.05) is 36.4 Å². The third-order valence-electron chi connectivity index (χ3n) is 11.8. The van der Waals surface area contributed by atoms with Crippen molar-refractivity contribution in [3.8, 4) is 11.4 Å². The Morgan fingerprint density at radius 1 is 1.12 bits per heavy atom. The van der Waals surface area contributed by atoms with Gasteiger partial charge >= 0.3 is 6.18 Å². The molecule has 0 radical (unpaired) electrons. The van der Waals surface area contributed by atoms with E-state index >= 15 is 0 Å². The van der Waals surface area contributed by atoms with E-state index in [2.05, 4.69) is 95.6 Å². The number of aromatic nitrogens is 5. The maximum atomic E-state index is 12.2. The first-order valence-corrected chi connectivity index (χ1v) is 19.8. The molecule has 3 aliphatic heterocycles. The second-order valence-electron chi connectivity index (χ2n) is 15.6. The van der Waals surface area contributed by atoms with Crippen LogP contribution in [0.1, 0.15) is 73.7 Å². The maximum absolute atomic E-state index is 12.2. The van der Waals surface area contributed by atoms with Crippen molar-refractivity contribution in [1.29, 1.82) is 0 Å². The molecule has 4 aliphatic rings. The molecule has 0 bridgehead atoms. The number of aryl methyl sites for hydroxylation is 2. The van der Waals surface area contributed by atoms with Gasteiger partial charge < -0.3 is 25.8 Å². The van der Waals surface area contributed by atoms with Gasteiger partial charge in [-0.1, -0.05) is 57.3 Å². The predicted octanol–water partition coefficient (Wildman–Crippen LogP) is 9.00. The number of halogens is 4. The number of alkyl halides is 3. The topological polar surface area (TPSA) is 104 Å². The van der Waals surface area contributed by atoms with Gasteiger partial charge in [0.25, 0.3) is 0 Å². The highest BCUT2D eigenvalue weighted by atomic mass is 35.5. The van der Waals surface area contributed by atoms with Gasteiger partial charge in [-0.15, -0.1) is 5.10 Å². The lowest BCUT2D eigenvalue weighted by Crippen LogP contribution is -2.53. The predicted molar refractivity (Wildman–Crippen MR) is 222 cm³/mol. The standard InChI is InChI=1S/C34H43N9.C9H7ClF3N/c1-8-27-18-40(23(5)29-21(3)22(4)36-19-37-29)15-16-41(27)31-24(6)43-33(42-14-12-20(2)30(31)42)38-32(39-43)26-9-10-28-25(17-26)11-13-34(28,7)35;1-2-14-8-4-3-6(5-7(8)10)9(11,12)13/h9-10,17,19-20,27H,5-6,8,11-16,18,35H2,1-4,7H3;2-5,14H,1H2. The van der Waals surface area contributed by atoms with Gasteiger partial charge in [-0.2, -0.15) is 22.8 Å². The molecule has 3 atom stereocenters. The first-order chi connectivity index (χ1) is 27.0. The van der Waals surface area contributed by atoms with Crippen molar-refractivity contribution in [3.63, 3.8) is 0 Å². The largest absolute Gasteiger partial charge is 0.416 e. The lowest BCUT2D eigenvalue weighted by Gasteiger charge is -2.47. The van der Waals surface area contributed by atoms with Crippen LogP contribution in [0, 0.1) is 19.8 Å². The highest BCUT2D eigenvalue weighted by molar-refractivity contribution is 6.33. The number of nitrogens with one attached hydrogen (secondary N) is 1. The molecular weight excluding hydrogens is 749 g/mol. The van der Waals surface area contributed by atoms with Crippen molar-refractivity contribution in [1.82, 2.24) is 34.5 Å². The van der Waals surface area contributed by atoms with Crippen LogP contribution in [0.3, 0.4) is 0 Å². The summed E-state index contributed by atoms with van der Waals surface area (Å²) in [4.78, 5) is 21.4. The first-order valence-electron chi connectivity index (χ1n) is 19.4. The Labute approximate surface area is 337 Å². The summed E-state index contributed by atoms with van der Waals surface area (Å²) in [6.45, 7) is 26.9. The molecule has 0 saturated carbocycles. The zero-order valence-electron chi connectivity index (χ0n) is 33.2. The van der Waals surface area contributed by atoms with Gasteiger partial charge in [0.05, 0.1) is 39.1 Å². The van der Waals surface area contributed by atoms with Gasteiger partial charge in [0.15, 0.2) is 5.82 Å². The highest BCUT2D eigenvalue weighted by Crippen LogP contribution is 2.45. The van der Waals surface area contributed by atoms with E-state index in [9.17, 15) is 13.2 Å². The van der Waals surface area contributed by atoms with Crippen molar-refractivity contribution in [2.24, 2.45) is 11.7 Å². The molecular formula is C43H50ClF3N10. The number of anilines is 2. The number of nitrogens with zero attached hydrogens (tertiary/aromatic N) is 8. The van der Waals surface area contributed by atoms with Crippen LogP contribution < -0.4 is 16.0 Å².